The number of benzene rings is 1. The number of aryl methyl sites for hydroxylation is 1. The summed E-state index contributed by atoms with van der Waals surface area (Å²) in [6, 6.07) is 5.10. The Balaban J connectivity index is 2.08. The van der Waals surface area contributed by atoms with Crippen LogP contribution in [0.1, 0.15) is 18.3 Å². The van der Waals surface area contributed by atoms with Crippen LogP contribution in [0.15, 0.2) is 22.5 Å². The van der Waals surface area contributed by atoms with E-state index < -0.39 is 0 Å². The minimum atomic E-state index is -0.388. The van der Waals surface area contributed by atoms with Crippen LogP contribution in [0.25, 0.3) is 0 Å². The lowest BCUT2D eigenvalue weighted by Crippen LogP contribution is -1.97. The van der Waals surface area contributed by atoms with Gasteiger partial charge in [0.1, 0.15) is 11.5 Å². The number of nitro benzene ring substituents is 1. The molecule has 0 aliphatic carbocycles. The molecule has 1 aromatic heterocycles. The first kappa shape index (κ1) is 14.7. The second kappa shape index (κ2) is 6.67. The second-order valence-corrected chi connectivity index (χ2v) is 5.95. The predicted octanol–water partition coefficient (Wildman–Crippen LogP) is 3.34. The Bertz CT molecular complexity index is 615. The molecule has 0 saturated heterocycles. The molecule has 0 aliphatic heterocycles. The Kier molecular flexibility index (Phi) is 4.91. The van der Waals surface area contributed by atoms with Crippen molar-refractivity contribution in [3.63, 3.8) is 0 Å². The molecule has 6 nitrogen and oxygen atoms in total. The van der Waals surface area contributed by atoms with Crippen molar-refractivity contribution in [2.45, 2.75) is 23.4 Å². The molecule has 0 bridgehead atoms. The summed E-state index contributed by atoms with van der Waals surface area (Å²) in [5.41, 5.74) is 1.63. The molecule has 2 aromatic rings. The van der Waals surface area contributed by atoms with Crippen molar-refractivity contribution < 1.29 is 4.92 Å². The summed E-state index contributed by atoms with van der Waals surface area (Å²) in [6.45, 7) is 2.02. The van der Waals surface area contributed by atoms with E-state index in [1.807, 2.05) is 6.92 Å². The van der Waals surface area contributed by atoms with Gasteiger partial charge in [0.25, 0.3) is 5.69 Å². The minimum absolute atomic E-state index is 0.0884. The Morgan fingerprint density at radius 3 is 2.90 bits per heavy atom. The van der Waals surface area contributed by atoms with E-state index in [0.717, 1.165) is 22.1 Å². The topological polar surface area (TPSA) is 81.0 Å². The molecule has 0 saturated carbocycles. The highest BCUT2D eigenvalue weighted by molar-refractivity contribution is 8.00. The third-order valence-electron chi connectivity index (χ3n) is 2.65. The number of hydrogen-bond donors (Lipinski definition) is 1. The molecule has 0 atom stereocenters. The third kappa shape index (κ3) is 3.45. The lowest BCUT2D eigenvalue weighted by molar-refractivity contribution is -0.383. The van der Waals surface area contributed by atoms with E-state index in [-0.39, 0.29) is 10.6 Å². The summed E-state index contributed by atoms with van der Waals surface area (Å²) in [5.74, 6) is 1.57. The van der Waals surface area contributed by atoms with Gasteiger partial charge >= 0.3 is 0 Å². The molecule has 0 unspecified atom stereocenters. The molecule has 8 heteroatoms. The van der Waals surface area contributed by atoms with Crippen LogP contribution in [0, 0.1) is 10.1 Å². The number of aromatic nitrogens is 2. The third-order valence-corrected chi connectivity index (χ3v) is 4.60. The summed E-state index contributed by atoms with van der Waals surface area (Å²) in [5, 5.41) is 13.7. The van der Waals surface area contributed by atoms with Crippen LogP contribution < -0.4 is 5.32 Å². The van der Waals surface area contributed by atoms with Gasteiger partial charge in [-0.3, -0.25) is 10.1 Å². The molecule has 0 amide bonds. The smallest absolute Gasteiger partial charge is 0.292 e. The summed E-state index contributed by atoms with van der Waals surface area (Å²) in [4.78, 5) is 14.8. The zero-order valence-corrected chi connectivity index (χ0v) is 12.8. The van der Waals surface area contributed by atoms with E-state index >= 15 is 0 Å². The first-order chi connectivity index (χ1) is 9.63. The van der Waals surface area contributed by atoms with Crippen LogP contribution in [0.3, 0.4) is 0 Å². The maximum Gasteiger partial charge on any atom is 0.292 e. The summed E-state index contributed by atoms with van der Waals surface area (Å²) in [6.07, 6.45) is 0.832. The number of nitro groups is 1. The van der Waals surface area contributed by atoms with Gasteiger partial charge in [-0.1, -0.05) is 24.8 Å². The second-order valence-electron chi connectivity index (χ2n) is 3.98. The van der Waals surface area contributed by atoms with Crippen molar-refractivity contribution in [1.29, 1.82) is 0 Å². The highest BCUT2D eigenvalue weighted by Crippen LogP contribution is 2.29. The van der Waals surface area contributed by atoms with E-state index in [0.29, 0.717) is 11.4 Å². The average molecular weight is 310 g/mol. The van der Waals surface area contributed by atoms with Crippen molar-refractivity contribution in [3.8, 4) is 0 Å². The molecular weight excluding hydrogens is 296 g/mol. The van der Waals surface area contributed by atoms with Crippen molar-refractivity contribution in [3.05, 3.63) is 39.7 Å². The van der Waals surface area contributed by atoms with Crippen LogP contribution in [-0.4, -0.2) is 21.3 Å². The van der Waals surface area contributed by atoms with Gasteiger partial charge in [-0.15, -0.1) is 0 Å². The van der Waals surface area contributed by atoms with Gasteiger partial charge in [-0.05, 0) is 23.2 Å². The van der Waals surface area contributed by atoms with Crippen LogP contribution in [0.2, 0.25) is 0 Å². The number of hydrogen-bond acceptors (Lipinski definition) is 7. The van der Waals surface area contributed by atoms with Crippen LogP contribution >= 0.6 is 23.3 Å². The maximum absolute atomic E-state index is 10.9. The summed E-state index contributed by atoms with van der Waals surface area (Å²) >= 11 is 2.98. The highest BCUT2D eigenvalue weighted by Gasteiger charge is 2.13. The minimum Gasteiger partial charge on any atom is -0.383 e. The lowest BCUT2D eigenvalue weighted by atomic mass is 10.2. The van der Waals surface area contributed by atoms with Crippen LogP contribution in [0.4, 0.5) is 11.4 Å². The molecule has 0 fully saturated rings. The highest BCUT2D eigenvalue weighted by atomic mass is 32.2. The molecule has 20 heavy (non-hydrogen) atoms. The monoisotopic (exact) mass is 310 g/mol. The predicted molar refractivity (Wildman–Crippen MR) is 81.5 cm³/mol. The van der Waals surface area contributed by atoms with Crippen molar-refractivity contribution >= 4 is 34.7 Å². The largest absolute Gasteiger partial charge is 0.383 e. The number of nitrogens with one attached hydrogen (secondary N) is 1. The Labute approximate surface area is 124 Å². The molecule has 1 aromatic carbocycles. The quantitative estimate of drug-likeness (QED) is 0.500. The summed E-state index contributed by atoms with van der Waals surface area (Å²) in [7, 11) is 1.68. The zero-order valence-electron chi connectivity index (χ0n) is 11.1. The molecule has 2 rings (SSSR count). The van der Waals surface area contributed by atoms with Crippen molar-refractivity contribution in [2.24, 2.45) is 0 Å². The van der Waals surface area contributed by atoms with Crippen LogP contribution in [-0.2, 0) is 12.2 Å². The molecule has 1 heterocycles. The fourth-order valence-corrected chi connectivity index (χ4v) is 3.26. The molecular formula is C12H14N4O2S2. The number of nitrogens with zero attached hydrogens (tertiary/aromatic N) is 3. The fraction of sp³-hybridized carbons (Fsp3) is 0.333. The first-order valence-corrected chi connectivity index (χ1v) is 7.80. The maximum atomic E-state index is 10.9. The van der Waals surface area contributed by atoms with Gasteiger partial charge in [-0.25, -0.2) is 4.98 Å². The van der Waals surface area contributed by atoms with Gasteiger partial charge in [0.15, 0.2) is 4.34 Å². The summed E-state index contributed by atoms with van der Waals surface area (Å²) < 4.78 is 5.15. The van der Waals surface area contributed by atoms with E-state index in [9.17, 15) is 10.1 Å². The van der Waals surface area contributed by atoms with E-state index in [1.165, 1.54) is 17.6 Å². The molecule has 0 aliphatic rings. The van der Waals surface area contributed by atoms with Crippen LogP contribution in [0.5, 0.6) is 0 Å². The van der Waals surface area contributed by atoms with E-state index in [4.69, 9.17) is 0 Å². The lowest BCUT2D eigenvalue weighted by Gasteiger charge is -2.05. The van der Waals surface area contributed by atoms with Gasteiger partial charge in [0, 0.05) is 25.3 Å². The van der Waals surface area contributed by atoms with Gasteiger partial charge in [-0.2, -0.15) is 4.37 Å². The standard InChI is InChI=1S/C12H14N4O2S2/c1-3-11-14-12(20-15-11)19-7-8-4-5-10(16(17)18)9(6-8)13-2/h4-6,13H,3,7H2,1-2H3. The number of thioether (sulfide) groups is 1. The Morgan fingerprint density at radius 2 is 2.30 bits per heavy atom. The van der Waals surface area contributed by atoms with E-state index in [1.54, 1.807) is 30.9 Å². The van der Waals surface area contributed by atoms with E-state index in [2.05, 4.69) is 14.7 Å². The fourth-order valence-electron chi connectivity index (χ4n) is 1.62. The Hall–Kier alpha value is -1.67. The van der Waals surface area contributed by atoms with Crippen molar-refractivity contribution in [1.82, 2.24) is 9.36 Å². The molecule has 0 radical (unpaired) electrons. The first-order valence-electron chi connectivity index (χ1n) is 6.04. The zero-order chi connectivity index (χ0) is 14.5. The molecule has 0 spiro atoms. The molecule has 1 N–H and O–H groups in total. The van der Waals surface area contributed by atoms with Gasteiger partial charge < -0.3 is 5.32 Å². The Morgan fingerprint density at radius 1 is 1.50 bits per heavy atom. The molecule has 106 valence electrons. The number of anilines is 1. The average Bonchev–Trinajstić information content (AvgIpc) is 2.92. The van der Waals surface area contributed by atoms with Crippen molar-refractivity contribution in [2.75, 3.05) is 12.4 Å². The SMILES string of the molecule is CCc1nsc(SCc2ccc([N+](=O)[O-])c(NC)c2)n1. The van der Waals surface area contributed by atoms with Gasteiger partial charge in [0.05, 0.1) is 4.92 Å². The number of rotatable bonds is 6. The van der Waals surface area contributed by atoms with Gasteiger partial charge in [0.2, 0.25) is 0 Å². The normalized spacial score (nSPS) is 10.5.